The second kappa shape index (κ2) is 5.15. The van der Waals surface area contributed by atoms with E-state index in [-0.39, 0.29) is 24.0 Å². The number of nitrogens with two attached hydrogens (primary N) is 1. The molecule has 96 valence electrons. The standard InChI is InChI=1S/C12H26N2O2/c1-11(2,3)9(13)7-10(16)14(6)12(4,5)8-15/h9,15H,7-8,13H2,1-6H3. The van der Waals surface area contributed by atoms with E-state index in [1.54, 1.807) is 11.9 Å². The van der Waals surface area contributed by atoms with Crippen LogP contribution in [-0.4, -0.2) is 41.1 Å². The fourth-order valence-electron chi connectivity index (χ4n) is 1.07. The molecule has 0 bridgehead atoms. The number of rotatable bonds is 4. The van der Waals surface area contributed by atoms with E-state index in [0.717, 1.165) is 0 Å². The van der Waals surface area contributed by atoms with Gasteiger partial charge in [0, 0.05) is 19.5 Å². The van der Waals surface area contributed by atoms with E-state index in [1.807, 2.05) is 34.6 Å². The predicted octanol–water partition coefficient (Wildman–Crippen LogP) is 0.979. The second-order valence-electron chi connectivity index (χ2n) is 6.10. The molecule has 0 aliphatic heterocycles. The molecule has 0 aliphatic carbocycles. The van der Waals surface area contributed by atoms with Gasteiger partial charge >= 0.3 is 0 Å². The average Bonchev–Trinajstić information content (AvgIpc) is 2.14. The molecule has 0 aromatic rings. The van der Waals surface area contributed by atoms with Crippen molar-refractivity contribution in [3.8, 4) is 0 Å². The van der Waals surface area contributed by atoms with E-state index in [4.69, 9.17) is 5.73 Å². The number of amides is 1. The van der Waals surface area contributed by atoms with Crippen molar-refractivity contribution in [2.24, 2.45) is 11.1 Å². The van der Waals surface area contributed by atoms with Gasteiger partial charge in [0.2, 0.25) is 5.91 Å². The van der Waals surface area contributed by atoms with Gasteiger partial charge in [0.05, 0.1) is 12.1 Å². The van der Waals surface area contributed by atoms with E-state index in [1.165, 1.54) is 0 Å². The molecule has 0 aliphatic rings. The van der Waals surface area contributed by atoms with Gasteiger partial charge in [-0.3, -0.25) is 4.79 Å². The first-order chi connectivity index (χ1) is 7.02. The van der Waals surface area contributed by atoms with Crippen molar-refractivity contribution in [3.05, 3.63) is 0 Å². The largest absolute Gasteiger partial charge is 0.394 e. The molecule has 1 atom stereocenters. The molecule has 0 aromatic heterocycles. The fraction of sp³-hybridized carbons (Fsp3) is 0.917. The lowest BCUT2D eigenvalue weighted by Crippen LogP contribution is -2.50. The third-order valence-corrected chi connectivity index (χ3v) is 3.18. The quantitative estimate of drug-likeness (QED) is 0.756. The van der Waals surface area contributed by atoms with Gasteiger partial charge in [0.1, 0.15) is 0 Å². The summed E-state index contributed by atoms with van der Waals surface area (Å²) in [4.78, 5) is 13.5. The fourth-order valence-corrected chi connectivity index (χ4v) is 1.07. The molecular formula is C12H26N2O2. The van der Waals surface area contributed by atoms with Crippen LogP contribution in [-0.2, 0) is 4.79 Å². The van der Waals surface area contributed by atoms with Crippen molar-refractivity contribution in [1.82, 2.24) is 4.90 Å². The normalized spacial score (nSPS) is 14.8. The summed E-state index contributed by atoms with van der Waals surface area (Å²) in [6.45, 7) is 9.65. The van der Waals surface area contributed by atoms with Crippen LogP contribution in [0.15, 0.2) is 0 Å². The number of carbonyl (C=O) groups excluding carboxylic acids is 1. The summed E-state index contributed by atoms with van der Waals surface area (Å²) >= 11 is 0. The number of aliphatic hydroxyl groups is 1. The number of hydrogen-bond donors (Lipinski definition) is 2. The van der Waals surface area contributed by atoms with Crippen molar-refractivity contribution in [2.45, 2.75) is 52.6 Å². The highest BCUT2D eigenvalue weighted by Gasteiger charge is 2.30. The zero-order valence-electron chi connectivity index (χ0n) is 11.4. The third-order valence-electron chi connectivity index (χ3n) is 3.18. The van der Waals surface area contributed by atoms with Crippen LogP contribution in [0.5, 0.6) is 0 Å². The van der Waals surface area contributed by atoms with Crippen LogP contribution in [0.1, 0.15) is 41.0 Å². The number of aliphatic hydroxyl groups excluding tert-OH is 1. The minimum absolute atomic E-state index is 0.0264. The van der Waals surface area contributed by atoms with Crippen LogP contribution in [0.4, 0.5) is 0 Å². The molecule has 0 rings (SSSR count). The maximum absolute atomic E-state index is 11.9. The molecule has 0 heterocycles. The van der Waals surface area contributed by atoms with Crippen molar-refractivity contribution >= 4 is 5.91 Å². The predicted molar refractivity (Wildman–Crippen MR) is 66.0 cm³/mol. The summed E-state index contributed by atoms with van der Waals surface area (Å²) in [5.41, 5.74) is 5.35. The molecule has 1 amide bonds. The topological polar surface area (TPSA) is 66.6 Å². The van der Waals surface area contributed by atoms with E-state index in [9.17, 15) is 9.90 Å². The molecule has 4 nitrogen and oxygen atoms in total. The minimum Gasteiger partial charge on any atom is -0.394 e. The minimum atomic E-state index is -0.533. The van der Waals surface area contributed by atoms with Gasteiger partial charge in [-0.15, -0.1) is 0 Å². The Morgan fingerprint density at radius 3 is 2.06 bits per heavy atom. The van der Waals surface area contributed by atoms with Crippen LogP contribution < -0.4 is 5.73 Å². The highest BCUT2D eigenvalue weighted by molar-refractivity contribution is 5.77. The SMILES string of the molecule is CN(C(=O)CC(N)C(C)(C)C)C(C)(C)CO. The van der Waals surface area contributed by atoms with E-state index in [2.05, 4.69) is 0 Å². The summed E-state index contributed by atoms with van der Waals surface area (Å²) < 4.78 is 0. The Morgan fingerprint density at radius 2 is 1.75 bits per heavy atom. The smallest absolute Gasteiger partial charge is 0.224 e. The van der Waals surface area contributed by atoms with Gasteiger partial charge < -0.3 is 15.7 Å². The summed E-state index contributed by atoms with van der Waals surface area (Å²) in [7, 11) is 1.70. The third kappa shape index (κ3) is 4.10. The molecular weight excluding hydrogens is 204 g/mol. The number of carbonyl (C=O) groups is 1. The van der Waals surface area contributed by atoms with E-state index >= 15 is 0 Å². The second-order valence-corrected chi connectivity index (χ2v) is 6.10. The lowest BCUT2D eigenvalue weighted by atomic mass is 9.85. The lowest BCUT2D eigenvalue weighted by molar-refractivity contribution is -0.136. The zero-order valence-corrected chi connectivity index (χ0v) is 11.4. The van der Waals surface area contributed by atoms with E-state index in [0.29, 0.717) is 6.42 Å². The first-order valence-corrected chi connectivity index (χ1v) is 5.65. The molecule has 0 spiro atoms. The molecule has 1 unspecified atom stereocenters. The molecule has 0 fully saturated rings. The molecule has 4 heteroatoms. The van der Waals surface area contributed by atoms with Gasteiger partial charge in [-0.25, -0.2) is 0 Å². The Kier molecular flexibility index (Phi) is 4.95. The molecule has 0 saturated carbocycles. The molecule has 16 heavy (non-hydrogen) atoms. The Morgan fingerprint density at radius 1 is 1.31 bits per heavy atom. The van der Waals surface area contributed by atoms with Crippen molar-refractivity contribution in [2.75, 3.05) is 13.7 Å². The van der Waals surface area contributed by atoms with Gasteiger partial charge in [0.15, 0.2) is 0 Å². The van der Waals surface area contributed by atoms with Crippen LogP contribution in [0.25, 0.3) is 0 Å². The summed E-state index contributed by atoms with van der Waals surface area (Å²) in [5.74, 6) is -0.0264. The van der Waals surface area contributed by atoms with Crippen LogP contribution in [0, 0.1) is 5.41 Å². The number of nitrogens with zero attached hydrogens (tertiary/aromatic N) is 1. The van der Waals surface area contributed by atoms with Gasteiger partial charge in [-0.2, -0.15) is 0 Å². The van der Waals surface area contributed by atoms with Crippen molar-refractivity contribution < 1.29 is 9.90 Å². The zero-order chi connectivity index (χ0) is 13.1. The highest BCUT2D eigenvalue weighted by atomic mass is 16.3. The number of likely N-dealkylation sites (N-methyl/N-ethyl adjacent to an activating group) is 1. The molecule has 0 radical (unpaired) electrons. The Balaban J connectivity index is 4.49. The first-order valence-electron chi connectivity index (χ1n) is 5.65. The Labute approximate surface area is 98.8 Å². The van der Waals surface area contributed by atoms with Gasteiger partial charge in [-0.05, 0) is 19.3 Å². The Hall–Kier alpha value is -0.610. The maximum Gasteiger partial charge on any atom is 0.224 e. The maximum atomic E-state index is 11.9. The highest BCUT2D eigenvalue weighted by Crippen LogP contribution is 2.21. The molecule has 3 N–H and O–H groups in total. The van der Waals surface area contributed by atoms with Crippen molar-refractivity contribution in [1.29, 1.82) is 0 Å². The summed E-state index contributed by atoms with van der Waals surface area (Å²) in [6.07, 6.45) is 0.309. The average molecular weight is 230 g/mol. The molecule has 0 aromatic carbocycles. The monoisotopic (exact) mass is 230 g/mol. The first kappa shape index (κ1) is 15.4. The molecule has 0 saturated heterocycles. The van der Waals surface area contributed by atoms with Crippen LogP contribution in [0.3, 0.4) is 0 Å². The summed E-state index contributed by atoms with van der Waals surface area (Å²) in [5, 5.41) is 9.18. The van der Waals surface area contributed by atoms with Crippen LogP contribution in [0.2, 0.25) is 0 Å². The lowest BCUT2D eigenvalue weighted by Gasteiger charge is -2.36. The van der Waals surface area contributed by atoms with Crippen molar-refractivity contribution in [3.63, 3.8) is 0 Å². The summed E-state index contributed by atoms with van der Waals surface area (Å²) in [6, 6.07) is -0.169. The van der Waals surface area contributed by atoms with Crippen LogP contribution >= 0.6 is 0 Å². The number of hydrogen-bond acceptors (Lipinski definition) is 3. The van der Waals surface area contributed by atoms with Gasteiger partial charge in [-0.1, -0.05) is 20.8 Å². The van der Waals surface area contributed by atoms with Gasteiger partial charge in [0.25, 0.3) is 0 Å². The Bertz CT molecular complexity index is 244. The van der Waals surface area contributed by atoms with E-state index < -0.39 is 5.54 Å².